The third kappa shape index (κ3) is 5.64. The lowest BCUT2D eigenvalue weighted by molar-refractivity contribution is -0.0589. The van der Waals surface area contributed by atoms with Crippen molar-refractivity contribution in [2.45, 2.75) is 32.1 Å². The lowest BCUT2D eigenvalue weighted by atomic mass is 10.1. The first-order chi connectivity index (χ1) is 19.8. The molecule has 10 heteroatoms. The Morgan fingerprint density at radius 3 is 2.51 bits per heavy atom. The molecule has 1 atom stereocenters. The molecule has 0 saturated carbocycles. The molecule has 1 N–H and O–H groups in total. The largest absolute Gasteiger partial charge is 0.478 e. The van der Waals surface area contributed by atoms with Crippen molar-refractivity contribution in [3.05, 3.63) is 113 Å². The molecule has 2 aromatic heterocycles. The van der Waals surface area contributed by atoms with E-state index in [0.717, 1.165) is 18.6 Å². The van der Waals surface area contributed by atoms with Crippen molar-refractivity contribution >= 4 is 17.0 Å². The van der Waals surface area contributed by atoms with Gasteiger partial charge >= 0.3 is 5.97 Å². The Bertz CT molecular complexity index is 1770. The van der Waals surface area contributed by atoms with Crippen LogP contribution in [0.1, 0.15) is 33.7 Å². The summed E-state index contributed by atoms with van der Waals surface area (Å²) in [6, 6.07) is 17.8. The molecular weight excluding hydrogens is 535 g/mol. The first-order valence-electron chi connectivity index (χ1n) is 13.0. The summed E-state index contributed by atoms with van der Waals surface area (Å²) in [5.74, 6) is -2.06. The molecule has 208 valence electrons. The molecule has 7 nitrogen and oxygen atoms in total. The summed E-state index contributed by atoms with van der Waals surface area (Å²) in [4.78, 5) is 20.6. The van der Waals surface area contributed by atoms with Crippen LogP contribution in [0, 0.1) is 17.5 Å². The number of fused-ring (bicyclic) bond motifs is 1. The van der Waals surface area contributed by atoms with Crippen LogP contribution >= 0.6 is 0 Å². The van der Waals surface area contributed by atoms with Gasteiger partial charge in [0, 0.05) is 36.3 Å². The number of pyridine rings is 1. The summed E-state index contributed by atoms with van der Waals surface area (Å²) < 4.78 is 55.6. The van der Waals surface area contributed by atoms with Crippen molar-refractivity contribution in [1.82, 2.24) is 14.5 Å². The van der Waals surface area contributed by atoms with E-state index in [1.807, 2.05) is 4.57 Å². The Kier molecular flexibility index (Phi) is 7.15. The molecule has 0 bridgehead atoms. The Morgan fingerprint density at radius 1 is 0.976 bits per heavy atom. The van der Waals surface area contributed by atoms with Gasteiger partial charge in [0.2, 0.25) is 5.88 Å². The topological polar surface area (TPSA) is 86.5 Å². The number of halogens is 3. The number of carbonyl (C=O) groups is 1. The zero-order valence-electron chi connectivity index (χ0n) is 21.7. The molecule has 0 radical (unpaired) electrons. The molecule has 5 aromatic rings. The van der Waals surface area contributed by atoms with Gasteiger partial charge in [-0.05, 0) is 54.4 Å². The quantitative estimate of drug-likeness (QED) is 0.232. The summed E-state index contributed by atoms with van der Waals surface area (Å²) in [7, 11) is 0. The van der Waals surface area contributed by atoms with Gasteiger partial charge in [-0.25, -0.2) is 27.9 Å². The summed E-state index contributed by atoms with van der Waals surface area (Å²) in [6.45, 7) is 1.02. The fourth-order valence-corrected chi connectivity index (χ4v) is 4.74. The molecule has 0 amide bonds. The van der Waals surface area contributed by atoms with E-state index in [1.54, 1.807) is 42.5 Å². The van der Waals surface area contributed by atoms with Gasteiger partial charge in [0.15, 0.2) is 0 Å². The summed E-state index contributed by atoms with van der Waals surface area (Å²) >= 11 is 0. The van der Waals surface area contributed by atoms with Gasteiger partial charge in [0.1, 0.15) is 29.9 Å². The number of hydrogen-bond donors (Lipinski definition) is 1. The highest BCUT2D eigenvalue weighted by molar-refractivity contribution is 5.92. The monoisotopic (exact) mass is 559 g/mol. The second kappa shape index (κ2) is 11.1. The Labute approximate surface area is 232 Å². The highest BCUT2D eigenvalue weighted by Gasteiger charge is 2.23. The third-order valence-corrected chi connectivity index (χ3v) is 7.07. The lowest BCUT2D eigenvalue weighted by Crippen LogP contribution is -2.31. The fourth-order valence-electron chi connectivity index (χ4n) is 4.74. The number of benzene rings is 3. The van der Waals surface area contributed by atoms with Crippen molar-refractivity contribution in [2.24, 2.45) is 0 Å². The SMILES string of the molecule is O=C(O)c1ccc2nc(Cc3ccc(-c4cccc(OCc5ccc(F)cc5F)n4)cc3F)n(C[C@@H]3CCO3)c2c1. The number of imidazole rings is 1. The normalized spacial score (nSPS) is 14.7. The minimum absolute atomic E-state index is 0.00743. The number of aromatic nitrogens is 3. The molecular formula is C31H24F3N3O4. The summed E-state index contributed by atoms with van der Waals surface area (Å²) in [6.07, 6.45) is 1.07. The van der Waals surface area contributed by atoms with Crippen LogP contribution in [0.25, 0.3) is 22.3 Å². The van der Waals surface area contributed by atoms with Gasteiger partial charge in [-0.1, -0.05) is 18.2 Å². The summed E-state index contributed by atoms with van der Waals surface area (Å²) in [5.41, 5.74) is 3.02. The molecule has 6 rings (SSSR count). The standard InChI is InChI=1S/C31H24F3N3O4/c32-22-8-6-21(25(34)15-22)17-41-30-3-1-2-26(36-30)19-5-4-18(24(33)12-19)14-29-35-27-9-7-20(31(38)39)13-28(27)37(29)16-23-10-11-40-23/h1-9,12-13,15,23H,10-11,14,16-17H2,(H,38,39)/t23-/m0/s1. The van der Waals surface area contributed by atoms with Gasteiger partial charge < -0.3 is 19.1 Å². The second-order valence-corrected chi connectivity index (χ2v) is 9.80. The van der Waals surface area contributed by atoms with Crippen LogP contribution < -0.4 is 4.74 Å². The van der Waals surface area contributed by atoms with E-state index in [9.17, 15) is 18.7 Å². The average Bonchev–Trinajstić information content (AvgIpc) is 3.27. The molecule has 1 aliphatic rings. The average molecular weight is 560 g/mol. The number of carboxylic acid groups (broad SMARTS) is 1. The van der Waals surface area contributed by atoms with Gasteiger partial charge in [-0.3, -0.25) is 0 Å². The molecule has 3 aromatic carbocycles. The van der Waals surface area contributed by atoms with Gasteiger partial charge in [-0.15, -0.1) is 0 Å². The minimum atomic E-state index is -1.03. The smallest absolute Gasteiger partial charge is 0.335 e. The van der Waals surface area contributed by atoms with E-state index in [4.69, 9.17) is 9.47 Å². The fraction of sp³-hybridized carbons (Fsp3) is 0.194. The predicted molar refractivity (Wildman–Crippen MR) is 144 cm³/mol. The van der Waals surface area contributed by atoms with E-state index >= 15 is 4.39 Å². The number of aromatic carboxylic acids is 1. The number of hydrogen-bond acceptors (Lipinski definition) is 5. The summed E-state index contributed by atoms with van der Waals surface area (Å²) in [5, 5.41) is 9.45. The van der Waals surface area contributed by atoms with Crippen molar-refractivity contribution in [2.75, 3.05) is 6.61 Å². The van der Waals surface area contributed by atoms with Crippen molar-refractivity contribution in [3.8, 4) is 17.1 Å². The van der Waals surface area contributed by atoms with E-state index in [1.165, 1.54) is 18.2 Å². The first kappa shape index (κ1) is 26.5. The molecule has 3 heterocycles. The zero-order valence-corrected chi connectivity index (χ0v) is 21.7. The molecule has 41 heavy (non-hydrogen) atoms. The second-order valence-electron chi connectivity index (χ2n) is 9.80. The predicted octanol–water partition coefficient (Wildman–Crippen LogP) is 6.17. The molecule has 0 spiro atoms. The maximum atomic E-state index is 15.4. The zero-order chi connectivity index (χ0) is 28.5. The molecule has 0 aliphatic carbocycles. The third-order valence-electron chi connectivity index (χ3n) is 7.07. The van der Waals surface area contributed by atoms with E-state index in [-0.39, 0.29) is 36.1 Å². The van der Waals surface area contributed by atoms with Gasteiger partial charge in [0.05, 0.1) is 34.9 Å². The molecule has 1 aliphatic heterocycles. The Hall–Kier alpha value is -4.70. The van der Waals surface area contributed by atoms with Crippen LogP contribution in [0.3, 0.4) is 0 Å². The Balaban J connectivity index is 1.24. The first-order valence-corrected chi connectivity index (χ1v) is 13.0. The number of rotatable bonds is 9. The number of carboxylic acids is 1. The van der Waals surface area contributed by atoms with E-state index in [2.05, 4.69) is 9.97 Å². The van der Waals surface area contributed by atoms with Crippen LogP contribution in [0.15, 0.2) is 72.8 Å². The maximum absolute atomic E-state index is 15.4. The lowest BCUT2D eigenvalue weighted by Gasteiger charge is -2.27. The van der Waals surface area contributed by atoms with Crippen molar-refractivity contribution in [1.29, 1.82) is 0 Å². The number of ether oxygens (including phenoxy) is 2. The van der Waals surface area contributed by atoms with Crippen LogP contribution in [0.2, 0.25) is 0 Å². The molecule has 0 unspecified atom stereocenters. The highest BCUT2D eigenvalue weighted by atomic mass is 19.1. The van der Waals surface area contributed by atoms with Crippen LogP contribution in [0.4, 0.5) is 13.2 Å². The van der Waals surface area contributed by atoms with Crippen LogP contribution in [0.5, 0.6) is 5.88 Å². The number of nitrogens with zero attached hydrogens (tertiary/aromatic N) is 3. The maximum Gasteiger partial charge on any atom is 0.335 e. The molecule has 1 saturated heterocycles. The Morgan fingerprint density at radius 2 is 1.78 bits per heavy atom. The highest BCUT2D eigenvalue weighted by Crippen LogP contribution is 2.27. The van der Waals surface area contributed by atoms with E-state index in [0.29, 0.717) is 46.8 Å². The van der Waals surface area contributed by atoms with Crippen LogP contribution in [-0.4, -0.2) is 38.3 Å². The van der Waals surface area contributed by atoms with Crippen molar-refractivity contribution in [3.63, 3.8) is 0 Å². The van der Waals surface area contributed by atoms with E-state index < -0.39 is 23.4 Å². The minimum Gasteiger partial charge on any atom is -0.478 e. The van der Waals surface area contributed by atoms with Crippen LogP contribution in [-0.2, 0) is 24.3 Å². The van der Waals surface area contributed by atoms with Gasteiger partial charge in [-0.2, -0.15) is 0 Å². The molecule has 1 fully saturated rings. The van der Waals surface area contributed by atoms with Crippen molar-refractivity contribution < 1.29 is 32.5 Å². The van der Waals surface area contributed by atoms with Gasteiger partial charge in [0.25, 0.3) is 0 Å².